The van der Waals surface area contributed by atoms with Gasteiger partial charge in [-0.3, -0.25) is 4.90 Å². The van der Waals surface area contributed by atoms with Gasteiger partial charge in [0.05, 0.1) is 12.7 Å². The molecule has 0 spiro atoms. The topological polar surface area (TPSA) is 24.5 Å². The third-order valence-corrected chi connectivity index (χ3v) is 4.19. The second-order valence-corrected chi connectivity index (χ2v) is 5.56. The van der Waals surface area contributed by atoms with Crippen LogP contribution in [0, 0.1) is 5.92 Å². The summed E-state index contributed by atoms with van der Waals surface area (Å²) in [6, 6.07) is 1.40. The maximum absolute atomic E-state index is 5.63. The lowest BCUT2D eigenvalue weighted by molar-refractivity contribution is -0.0479. The molecule has 0 aromatic carbocycles. The Labute approximate surface area is 99.5 Å². The van der Waals surface area contributed by atoms with Gasteiger partial charge in [0.2, 0.25) is 0 Å². The Kier molecular flexibility index (Phi) is 4.22. The highest BCUT2D eigenvalue weighted by molar-refractivity contribution is 4.91. The molecule has 1 saturated heterocycles. The molecule has 0 aromatic rings. The third kappa shape index (κ3) is 2.76. The van der Waals surface area contributed by atoms with Crippen LogP contribution in [0.4, 0.5) is 0 Å². The largest absolute Gasteiger partial charge is 0.376 e. The summed E-state index contributed by atoms with van der Waals surface area (Å²) in [6.45, 7) is 7.70. The first-order valence-electron chi connectivity index (χ1n) is 6.73. The molecule has 2 rings (SSSR count). The van der Waals surface area contributed by atoms with E-state index in [0.717, 1.165) is 31.7 Å². The van der Waals surface area contributed by atoms with Crippen LogP contribution in [0.25, 0.3) is 0 Å². The molecule has 0 amide bonds. The van der Waals surface area contributed by atoms with E-state index in [-0.39, 0.29) is 0 Å². The van der Waals surface area contributed by atoms with Crippen molar-refractivity contribution in [3.05, 3.63) is 0 Å². The van der Waals surface area contributed by atoms with Crippen molar-refractivity contribution >= 4 is 0 Å². The maximum Gasteiger partial charge on any atom is 0.0674 e. The number of hydrogen-bond acceptors (Lipinski definition) is 3. The van der Waals surface area contributed by atoms with E-state index < -0.39 is 0 Å². The van der Waals surface area contributed by atoms with Crippen LogP contribution in [-0.4, -0.2) is 49.8 Å². The predicted molar refractivity (Wildman–Crippen MR) is 66.6 cm³/mol. The Morgan fingerprint density at radius 1 is 1.25 bits per heavy atom. The monoisotopic (exact) mass is 226 g/mol. The van der Waals surface area contributed by atoms with Gasteiger partial charge in [0.1, 0.15) is 0 Å². The smallest absolute Gasteiger partial charge is 0.0674 e. The Balaban J connectivity index is 1.98. The second kappa shape index (κ2) is 5.48. The standard InChI is InChI=1S/C13H26N2O/c1-10-4-5-12(14-3)13(8-10)15-6-7-16-11(2)9-15/h10-14H,4-9H2,1-3H3. The van der Waals surface area contributed by atoms with Crippen molar-refractivity contribution in [3.8, 4) is 0 Å². The Morgan fingerprint density at radius 3 is 2.75 bits per heavy atom. The van der Waals surface area contributed by atoms with Crippen molar-refractivity contribution in [2.45, 2.75) is 51.3 Å². The Hall–Kier alpha value is -0.120. The fourth-order valence-corrected chi connectivity index (χ4v) is 3.24. The Bertz CT molecular complexity index is 222. The molecule has 1 saturated carbocycles. The van der Waals surface area contributed by atoms with Gasteiger partial charge in [0.25, 0.3) is 0 Å². The zero-order chi connectivity index (χ0) is 11.5. The predicted octanol–water partition coefficient (Wildman–Crippen LogP) is 1.48. The summed E-state index contributed by atoms with van der Waals surface area (Å²) in [5, 5.41) is 3.50. The minimum atomic E-state index is 0.406. The number of ether oxygens (including phenoxy) is 1. The van der Waals surface area contributed by atoms with Crippen molar-refractivity contribution < 1.29 is 4.74 Å². The first-order chi connectivity index (χ1) is 7.70. The van der Waals surface area contributed by atoms with E-state index in [9.17, 15) is 0 Å². The van der Waals surface area contributed by atoms with Crippen LogP contribution in [0.15, 0.2) is 0 Å². The first-order valence-corrected chi connectivity index (χ1v) is 6.73. The van der Waals surface area contributed by atoms with Crippen LogP contribution in [0.5, 0.6) is 0 Å². The molecule has 2 fully saturated rings. The Morgan fingerprint density at radius 2 is 2.06 bits per heavy atom. The van der Waals surface area contributed by atoms with Crippen LogP contribution in [0.2, 0.25) is 0 Å². The molecule has 1 heterocycles. The first kappa shape index (κ1) is 12.3. The molecule has 0 radical (unpaired) electrons. The lowest BCUT2D eigenvalue weighted by atomic mass is 9.82. The van der Waals surface area contributed by atoms with E-state index in [4.69, 9.17) is 4.74 Å². The number of rotatable bonds is 2. The van der Waals surface area contributed by atoms with Crippen molar-refractivity contribution in [3.63, 3.8) is 0 Å². The second-order valence-electron chi connectivity index (χ2n) is 5.56. The van der Waals surface area contributed by atoms with Crippen molar-refractivity contribution in [1.29, 1.82) is 0 Å². The molecule has 3 nitrogen and oxygen atoms in total. The molecule has 0 bridgehead atoms. The molecular formula is C13H26N2O. The summed E-state index contributed by atoms with van der Waals surface area (Å²) in [6.07, 6.45) is 4.46. The van der Waals surface area contributed by atoms with Gasteiger partial charge in [-0.25, -0.2) is 0 Å². The fourth-order valence-electron chi connectivity index (χ4n) is 3.24. The van der Waals surface area contributed by atoms with Crippen molar-refractivity contribution in [2.24, 2.45) is 5.92 Å². The summed E-state index contributed by atoms with van der Waals surface area (Å²) in [7, 11) is 2.11. The van der Waals surface area contributed by atoms with E-state index in [1.807, 2.05) is 0 Å². The van der Waals surface area contributed by atoms with Crippen LogP contribution in [0.3, 0.4) is 0 Å². The lowest BCUT2D eigenvalue weighted by Crippen LogP contribution is -2.56. The van der Waals surface area contributed by atoms with Crippen LogP contribution in [0.1, 0.15) is 33.1 Å². The lowest BCUT2D eigenvalue weighted by Gasteiger charge is -2.44. The highest BCUT2D eigenvalue weighted by atomic mass is 16.5. The van der Waals surface area contributed by atoms with Crippen LogP contribution in [-0.2, 0) is 4.74 Å². The van der Waals surface area contributed by atoms with Gasteiger partial charge < -0.3 is 10.1 Å². The van der Waals surface area contributed by atoms with E-state index in [2.05, 4.69) is 31.1 Å². The van der Waals surface area contributed by atoms with Gasteiger partial charge in [0.15, 0.2) is 0 Å². The maximum atomic E-state index is 5.63. The molecule has 2 aliphatic rings. The normalized spacial score (nSPS) is 42.2. The minimum absolute atomic E-state index is 0.406. The number of morpholine rings is 1. The van der Waals surface area contributed by atoms with E-state index in [1.165, 1.54) is 19.3 Å². The number of hydrogen-bond donors (Lipinski definition) is 1. The van der Waals surface area contributed by atoms with Gasteiger partial charge in [-0.2, -0.15) is 0 Å². The van der Waals surface area contributed by atoms with Gasteiger partial charge in [0, 0.05) is 25.2 Å². The van der Waals surface area contributed by atoms with E-state index >= 15 is 0 Å². The average Bonchev–Trinajstić information content (AvgIpc) is 2.29. The highest BCUT2D eigenvalue weighted by Gasteiger charge is 2.33. The van der Waals surface area contributed by atoms with Gasteiger partial charge in [-0.15, -0.1) is 0 Å². The molecule has 16 heavy (non-hydrogen) atoms. The fraction of sp³-hybridized carbons (Fsp3) is 1.00. The molecule has 3 heteroatoms. The van der Waals surface area contributed by atoms with Crippen molar-refractivity contribution in [2.75, 3.05) is 26.7 Å². The third-order valence-electron chi connectivity index (χ3n) is 4.19. The summed E-state index contributed by atoms with van der Waals surface area (Å²) in [4.78, 5) is 2.64. The molecule has 1 N–H and O–H groups in total. The van der Waals surface area contributed by atoms with E-state index in [1.54, 1.807) is 0 Å². The summed E-state index contributed by atoms with van der Waals surface area (Å²) in [5.74, 6) is 0.882. The zero-order valence-electron chi connectivity index (χ0n) is 10.9. The molecule has 94 valence electrons. The van der Waals surface area contributed by atoms with Gasteiger partial charge in [-0.05, 0) is 39.2 Å². The van der Waals surface area contributed by atoms with Crippen molar-refractivity contribution in [1.82, 2.24) is 10.2 Å². The molecule has 4 unspecified atom stereocenters. The average molecular weight is 226 g/mol. The number of nitrogens with one attached hydrogen (secondary N) is 1. The molecular weight excluding hydrogens is 200 g/mol. The molecule has 0 aromatic heterocycles. The summed E-state index contributed by atoms with van der Waals surface area (Å²) in [5.41, 5.74) is 0. The minimum Gasteiger partial charge on any atom is -0.376 e. The summed E-state index contributed by atoms with van der Waals surface area (Å²) >= 11 is 0. The molecule has 4 atom stereocenters. The highest BCUT2D eigenvalue weighted by Crippen LogP contribution is 2.28. The van der Waals surface area contributed by atoms with Crippen LogP contribution < -0.4 is 5.32 Å². The quantitative estimate of drug-likeness (QED) is 0.772. The van der Waals surface area contributed by atoms with Gasteiger partial charge >= 0.3 is 0 Å². The zero-order valence-corrected chi connectivity index (χ0v) is 10.9. The molecule has 1 aliphatic heterocycles. The van der Waals surface area contributed by atoms with Gasteiger partial charge in [-0.1, -0.05) is 6.92 Å². The number of nitrogens with zero attached hydrogens (tertiary/aromatic N) is 1. The summed E-state index contributed by atoms with van der Waals surface area (Å²) < 4.78 is 5.63. The SMILES string of the molecule is CNC1CCC(C)CC1N1CCOC(C)C1. The molecule has 1 aliphatic carbocycles. The number of likely N-dealkylation sites (N-methyl/N-ethyl adjacent to an activating group) is 1. The van der Waals surface area contributed by atoms with Crippen LogP contribution >= 0.6 is 0 Å². The van der Waals surface area contributed by atoms with E-state index in [0.29, 0.717) is 12.1 Å².